The Balaban J connectivity index is 1.50. The van der Waals surface area contributed by atoms with E-state index in [1.807, 2.05) is 47.0 Å². The van der Waals surface area contributed by atoms with Crippen molar-refractivity contribution in [1.82, 2.24) is 4.98 Å². The van der Waals surface area contributed by atoms with E-state index in [-0.39, 0.29) is 5.91 Å². The zero-order chi connectivity index (χ0) is 17.9. The van der Waals surface area contributed by atoms with Crippen LogP contribution in [0.2, 0.25) is 0 Å². The van der Waals surface area contributed by atoms with Crippen LogP contribution in [0.4, 0.5) is 11.5 Å². The molecule has 0 N–H and O–H groups in total. The quantitative estimate of drug-likeness (QED) is 0.821. The summed E-state index contributed by atoms with van der Waals surface area (Å²) in [5.74, 6) is 1.04. The monoisotopic (exact) mass is 367 g/mol. The fourth-order valence-electron chi connectivity index (χ4n) is 3.91. The molecule has 1 fully saturated rings. The average Bonchev–Trinajstić information content (AvgIpc) is 2.97. The maximum absolute atomic E-state index is 12.9. The first-order valence-corrected chi connectivity index (χ1v) is 10.7. The molecule has 0 radical (unpaired) electrons. The highest BCUT2D eigenvalue weighted by molar-refractivity contribution is 7.99. The van der Waals surface area contributed by atoms with E-state index in [9.17, 15) is 4.79 Å². The molecule has 0 aliphatic carbocycles. The van der Waals surface area contributed by atoms with Gasteiger partial charge in [-0.15, -0.1) is 0 Å². The topological polar surface area (TPSA) is 36.4 Å². The predicted octanol–water partition coefficient (Wildman–Crippen LogP) is 4.01. The summed E-state index contributed by atoms with van der Waals surface area (Å²) < 4.78 is 0. The number of pyridine rings is 1. The number of para-hydroxylation sites is 1. The maximum Gasteiger partial charge on any atom is 0.259 e. The summed E-state index contributed by atoms with van der Waals surface area (Å²) in [7, 11) is 0. The molecule has 2 aliphatic heterocycles. The van der Waals surface area contributed by atoms with Crippen molar-refractivity contribution in [3.8, 4) is 0 Å². The third-order valence-electron chi connectivity index (χ3n) is 5.41. The van der Waals surface area contributed by atoms with Gasteiger partial charge in [0, 0.05) is 36.8 Å². The Kier molecular flexibility index (Phi) is 5.16. The SMILES string of the molecule is CSC1CCCCN(c2ccc(C(=O)N3CCc4ccccc43)cn2)C1. The van der Waals surface area contributed by atoms with Gasteiger partial charge >= 0.3 is 0 Å². The van der Waals surface area contributed by atoms with Gasteiger partial charge in [0.25, 0.3) is 5.91 Å². The number of nitrogens with zero attached hydrogens (tertiary/aromatic N) is 3. The number of carbonyl (C=O) groups is 1. The Hall–Kier alpha value is -2.01. The Morgan fingerprint density at radius 2 is 2.04 bits per heavy atom. The average molecular weight is 368 g/mol. The highest BCUT2D eigenvalue weighted by atomic mass is 32.2. The van der Waals surface area contributed by atoms with Crippen molar-refractivity contribution in [2.45, 2.75) is 30.9 Å². The van der Waals surface area contributed by atoms with Gasteiger partial charge in [0.15, 0.2) is 0 Å². The van der Waals surface area contributed by atoms with Crippen molar-refractivity contribution in [3.63, 3.8) is 0 Å². The van der Waals surface area contributed by atoms with Crippen LogP contribution in [0.1, 0.15) is 35.2 Å². The second kappa shape index (κ2) is 7.70. The van der Waals surface area contributed by atoms with Crippen molar-refractivity contribution in [2.24, 2.45) is 0 Å². The number of hydrogen-bond donors (Lipinski definition) is 0. The molecule has 1 aromatic carbocycles. The molecule has 2 aromatic rings. The number of hydrogen-bond acceptors (Lipinski definition) is 4. The van der Waals surface area contributed by atoms with Crippen molar-refractivity contribution < 1.29 is 4.79 Å². The van der Waals surface area contributed by atoms with Crippen LogP contribution in [0.25, 0.3) is 0 Å². The lowest BCUT2D eigenvalue weighted by molar-refractivity contribution is 0.0989. The summed E-state index contributed by atoms with van der Waals surface area (Å²) in [6.45, 7) is 2.85. The van der Waals surface area contributed by atoms with Gasteiger partial charge in [-0.05, 0) is 49.3 Å². The molecule has 5 heteroatoms. The van der Waals surface area contributed by atoms with E-state index in [1.165, 1.54) is 24.8 Å². The number of anilines is 2. The van der Waals surface area contributed by atoms with Crippen LogP contribution in [0.3, 0.4) is 0 Å². The second-order valence-corrected chi connectivity index (χ2v) is 8.18. The van der Waals surface area contributed by atoms with Crippen LogP contribution < -0.4 is 9.80 Å². The normalized spacial score (nSPS) is 20.0. The molecule has 0 spiro atoms. The molecular weight excluding hydrogens is 342 g/mol. The fraction of sp³-hybridized carbons (Fsp3) is 0.429. The molecule has 136 valence electrons. The smallest absolute Gasteiger partial charge is 0.259 e. The second-order valence-electron chi connectivity index (χ2n) is 7.04. The lowest BCUT2D eigenvalue weighted by Gasteiger charge is -2.25. The molecule has 1 atom stereocenters. The molecule has 0 bridgehead atoms. The van der Waals surface area contributed by atoms with Crippen molar-refractivity contribution in [1.29, 1.82) is 0 Å². The van der Waals surface area contributed by atoms with E-state index in [4.69, 9.17) is 0 Å². The van der Waals surface area contributed by atoms with Crippen molar-refractivity contribution in [3.05, 3.63) is 53.7 Å². The summed E-state index contributed by atoms with van der Waals surface area (Å²) in [5, 5.41) is 0.668. The van der Waals surface area contributed by atoms with Gasteiger partial charge in [-0.25, -0.2) is 4.98 Å². The first-order valence-electron chi connectivity index (χ1n) is 9.40. The summed E-state index contributed by atoms with van der Waals surface area (Å²) in [4.78, 5) is 21.8. The molecular formula is C21H25N3OS. The molecule has 4 nitrogen and oxygen atoms in total. The largest absolute Gasteiger partial charge is 0.356 e. The number of thioether (sulfide) groups is 1. The Morgan fingerprint density at radius 3 is 2.85 bits per heavy atom. The predicted molar refractivity (Wildman–Crippen MR) is 109 cm³/mol. The zero-order valence-corrected chi connectivity index (χ0v) is 16.0. The Bertz CT molecular complexity index is 777. The molecule has 0 saturated carbocycles. The molecule has 2 aliphatic rings. The molecule has 4 rings (SSSR count). The van der Waals surface area contributed by atoms with Crippen LogP contribution in [0.15, 0.2) is 42.6 Å². The maximum atomic E-state index is 12.9. The fourth-order valence-corrected chi connectivity index (χ4v) is 4.64. The Morgan fingerprint density at radius 1 is 1.15 bits per heavy atom. The highest BCUT2D eigenvalue weighted by Gasteiger charge is 2.25. The van der Waals surface area contributed by atoms with E-state index in [0.717, 1.165) is 37.6 Å². The number of rotatable bonds is 3. The number of aromatic nitrogens is 1. The summed E-state index contributed by atoms with van der Waals surface area (Å²) >= 11 is 1.95. The molecule has 26 heavy (non-hydrogen) atoms. The molecule has 1 unspecified atom stereocenters. The van der Waals surface area contributed by atoms with Gasteiger partial charge in [0.1, 0.15) is 5.82 Å². The number of carbonyl (C=O) groups excluding carboxylic acids is 1. The zero-order valence-electron chi connectivity index (χ0n) is 15.2. The summed E-state index contributed by atoms with van der Waals surface area (Å²) in [6, 6.07) is 12.1. The van der Waals surface area contributed by atoms with Gasteiger partial charge < -0.3 is 9.80 Å². The van der Waals surface area contributed by atoms with Crippen LogP contribution >= 0.6 is 11.8 Å². The van der Waals surface area contributed by atoms with Gasteiger partial charge in [-0.3, -0.25) is 4.79 Å². The van der Waals surface area contributed by atoms with Gasteiger partial charge in [0.05, 0.1) is 5.56 Å². The first-order chi connectivity index (χ1) is 12.8. The van der Waals surface area contributed by atoms with E-state index in [1.54, 1.807) is 6.20 Å². The Labute approximate surface area is 159 Å². The van der Waals surface area contributed by atoms with Gasteiger partial charge in [0.2, 0.25) is 0 Å². The third kappa shape index (κ3) is 3.45. The minimum Gasteiger partial charge on any atom is -0.356 e. The van der Waals surface area contributed by atoms with Crippen LogP contribution in [-0.2, 0) is 6.42 Å². The molecule has 1 aromatic heterocycles. The van der Waals surface area contributed by atoms with E-state index in [0.29, 0.717) is 10.8 Å². The van der Waals surface area contributed by atoms with Crippen molar-refractivity contribution >= 4 is 29.2 Å². The summed E-state index contributed by atoms with van der Waals surface area (Å²) in [5.41, 5.74) is 2.96. The van der Waals surface area contributed by atoms with E-state index in [2.05, 4.69) is 22.2 Å². The minimum absolute atomic E-state index is 0.0480. The van der Waals surface area contributed by atoms with Crippen LogP contribution in [0, 0.1) is 0 Å². The summed E-state index contributed by atoms with van der Waals surface area (Å²) in [6.07, 6.45) is 8.64. The number of benzene rings is 1. The molecule has 1 amide bonds. The number of amides is 1. The lowest BCUT2D eigenvalue weighted by Crippen LogP contribution is -2.31. The van der Waals surface area contributed by atoms with E-state index >= 15 is 0 Å². The van der Waals surface area contributed by atoms with Crippen LogP contribution in [-0.4, -0.2) is 42.0 Å². The van der Waals surface area contributed by atoms with Gasteiger partial charge in [-0.2, -0.15) is 11.8 Å². The third-order valence-corrected chi connectivity index (χ3v) is 6.46. The molecule has 1 saturated heterocycles. The number of fused-ring (bicyclic) bond motifs is 1. The highest BCUT2D eigenvalue weighted by Crippen LogP contribution is 2.29. The van der Waals surface area contributed by atoms with Crippen molar-refractivity contribution in [2.75, 3.05) is 35.7 Å². The van der Waals surface area contributed by atoms with Crippen LogP contribution in [0.5, 0.6) is 0 Å². The standard InChI is InChI=1S/C21H25N3OS/c1-26-18-7-4-5-12-23(15-18)20-10-9-17(14-22-20)21(25)24-13-11-16-6-2-3-8-19(16)24/h2-3,6,8-10,14,18H,4-5,7,11-13,15H2,1H3. The minimum atomic E-state index is 0.0480. The molecule has 3 heterocycles. The van der Waals surface area contributed by atoms with E-state index < -0.39 is 0 Å². The lowest BCUT2D eigenvalue weighted by atomic mass is 10.2. The first kappa shape index (κ1) is 17.4. The van der Waals surface area contributed by atoms with Gasteiger partial charge in [-0.1, -0.05) is 24.6 Å².